The first-order valence-electron chi connectivity index (χ1n) is 7.14. The standard InChI is InChI=1S/C16H18N4O3/c1-8-6-9(2)20(16(22)18-8)11(4)14(21)19-15-13(7-17)10(3)12(5)23-15/h6,11H,1-5H3,(H,19,21). The van der Waals surface area contributed by atoms with Gasteiger partial charge in [-0.1, -0.05) is 0 Å². The summed E-state index contributed by atoms with van der Waals surface area (Å²) in [6.45, 7) is 8.51. The molecule has 1 atom stereocenters. The van der Waals surface area contributed by atoms with Crippen molar-refractivity contribution in [3.05, 3.63) is 44.8 Å². The van der Waals surface area contributed by atoms with Gasteiger partial charge in [-0.05, 0) is 40.7 Å². The van der Waals surface area contributed by atoms with E-state index in [9.17, 15) is 14.9 Å². The molecule has 0 spiro atoms. The summed E-state index contributed by atoms with van der Waals surface area (Å²) in [4.78, 5) is 28.3. The Morgan fingerprint density at radius 1 is 1.39 bits per heavy atom. The summed E-state index contributed by atoms with van der Waals surface area (Å²) in [6, 6.07) is 2.95. The average Bonchev–Trinajstić information content (AvgIpc) is 2.71. The van der Waals surface area contributed by atoms with Gasteiger partial charge in [0.15, 0.2) is 0 Å². The molecule has 0 aliphatic carbocycles. The zero-order valence-electron chi connectivity index (χ0n) is 13.7. The second-order valence-electron chi connectivity index (χ2n) is 5.46. The minimum Gasteiger partial charge on any atom is -0.444 e. The fraction of sp³-hybridized carbons (Fsp3) is 0.375. The second-order valence-corrected chi connectivity index (χ2v) is 5.46. The van der Waals surface area contributed by atoms with Gasteiger partial charge in [-0.2, -0.15) is 10.2 Å². The second kappa shape index (κ2) is 6.08. The van der Waals surface area contributed by atoms with Crippen LogP contribution in [0.5, 0.6) is 0 Å². The summed E-state index contributed by atoms with van der Waals surface area (Å²) in [5.41, 5.74) is 1.71. The Labute approximate surface area is 133 Å². The Kier molecular flexibility index (Phi) is 4.36. The molecule has 2 aromatic heterocycles. The first-order valence-corrected chi connectivity index (χ1v) is 7.14. The van der Waals surface area contributed by atoms with Gasteiger partial charge in [0.1, 0.15) is 23.4 Å². The molecule has 2 heterocycles. The van der Waals surface area contributed by atoms with Crippen LogP contribution in [0.25, 0.3) is 0 Å². The number of amides is 1. The van der Waals surface area contributed by atoms with Crippen molar-refractivity contribution in [1.29, 1.82) is 5.26 Å². The van der Waals surface area contributed by atoms with Gasteiger partial charge in [-0.25, -0.2) is 4.79 Å². The number of nitriles is 1. The Hall–Kier alpha value is -2.88. The molecule has 0 aromatic carbocycles. The number of hydrogen-bond donors (Lipinski definition) is 1. The third kappa shape index (κ3) is 3.01. The van der Waals surface area contributed by atoms with Gasteiger partial charge >= 0.3 is 5.69 Å². The van der Waals surface area contributed by atoms with Crippen LogP contribution in [0.1, 0.15) is 41.2 Å². The summed E-state index contributed by atoms with van der Waals surface area (Å²) in [5.74, 6) is 0.214. The molecule has 0 saturated carbocycles. The van der Waals surface area contributed by atoms with E-state index >= 15 is 0 Å². The van der Waals surface area contributed by atoms with Crippen LogP contribution >= 0.6 is 0 Å². The molecule has 0 aliphatic heterocycles. The van der Waals surface area contributed by atoms with Gasteiger partial charge in [-0.3, -0.25) is 14.7 Å². The number of aromatic nitrogens is 2. The van der Waals surface area contributed by atoms with Gasteiger partial charge < -0.3 is 4.42 Å². The maximum absolute atomic E-state index is 12.4. The van der Waals surface area contributed by atoms with Crippen LogP contribution in [0, 0.1) is 39.0 Å². The van der Waals surface area contributed by atoms with Crippen LogP contribution in [0.4, 0.5) is 5.88 Å². The quantitative estimate of drug-likeness (QED) is 0.935. The summed E-state index contributed by atoms with van der Waals surface area (Å²) >= 11 is 0. The van der Waals surface area contributed by atoms with Gasteiger partial charge in [0.25, 0.3) is 0 Å². The van der Waals surface area contributed by atoms with E-state index < -0.39 is 17.6 Å². The van der Waals surface area contributed by atoms with Crippen molar-refractivity contribution in [2.45, 2.75) is 40.7 Å². The molecule has 7 heteroatoms. The molecule has 0 fully saturated rings. The number of furan rings is 1. The number of rotatable bonds is 3. The molecule has 120 valence electrons. The first kappa shape index (κ1) is 16.5. The molecule has 23 heavy (non-hydrogen) atoms. The van der Waals surface area contributed by atoms with Crippen LogP contribution in [0.2, 0.25) is 0 Å². The van der Waals surface area contributed by atoms with Crippen molar-refractivity contribution >= 4 is 11.8 Å². The lowest BCUT2D eigenvalue weighted by Gasteiger charge is -2.16. The number of hydrogen-bond acceptors (Lipinski definition) is 5. The summed E-state index contributed by atoms with van der Waals surface area (Å²) in [5, 5.41) is 11.7. The number of anilines is 1. The monoisotopic (exact) mass is 314 g/mol. The minimum absolute atomic E-state index is 0.102. The highest BCUT2D eigenvalue weighted by Crippen LogP contribution is 2.26. The molecular weight excluding hydrogens is 296 g/mol. The van der Waals surface area contributed by atoms with E-state index in [0.29, 0.717) is 22.7 Å². The molecule has 7 nitrogen and oxygen atoms in total. The molecule has 1 unspecified atom stereocenters. The van der Waals surface area contributed by atoms with Crippen LogP contribution in [0.3, 0.4) is 0 Å². The first-order chi connectivity index (χ1) is 10.8. The fourth-order valence-corrected chi connectivity index (χ4v) is 2.41. The third-order valence-electron chi connectivity index (χ3n) is 3.78. The highest BCUT2D eigenvalue weighted by molar-refractivity contribution is 5.93. The van der Waals surface area contributed by atoms with E-state index in [-0.39, 0.29) is 11.4 Å². The van der Waals surface area contributed by atoms with Crippen LogP contribution in [0.15, 0.2) is 15.3 Å². The average molecular weight is 314 g/mol. The lowest BCUT2D eigenvalue weighted by Crippen LogP contribution is -2.34. The van der Waals surface area contributed by atoms with E-state index in [0.717, 1.165) is 0 Å². The topological polar surface area (TPSA) is 101 Å². The van der Waals surface area contributed by atoms with Crippen LogP contribution in [-0.4, -0.2) is 15.5 Å². The number of carbonyl (C=O) groups is 1. The van der Waals surface area contributed by atoms with E-state index in [2.05, 4.69) is 10.3 Å². The van der Waals surface area contributed by atoms with Gasteiger partial charge in [0.2, 0.25) is 11.8 Å². The van der Waals surface area contributed by atoms with E-state index in [1.807, 2.05) is 6.07 Å². The van der Waals surface area contributed by atoms with Crippen molar-refractivity contribution in [1.82, 2.24) is 9.55 Å². The van der Waals surface area contributed by atoms with Crippen molar-refractivity contribution < 1.29 is 9.21 Å². The smallest absolute Gasteiger partial charge is 0.348 e. The number of nitrogens with zero attached hydrogens (tertiary/aromatic N) is 3. The summed E-state index contributed by atoms with van der Waals surface area (Å²) in [6.07, 6.45) is 0. The van der Waals surface area contributed by atoms with Crippen LogP contribution in [-0.2, 0) is 4.79 Å². The number of nitrogens with one attached hydrogen (secondary N) is 1. The normalized spacial score (nSPS) is 11.8. The molecule has 0 radical (unpaired) electrons. The van der Waals surface area contributed by atoms with Crippen molar-refractivity contribution in [2.24, 2.45) is 0 Å². The fourth-order valence-electron chi connectivity index (χ4n) is 2.41. The van der Waals surface area contributed by atoms with Gasteiger partial charge in [0.05, 0.1) is 0 Å². The Bertz CT molecular complexity index is 871. The third-order valence-corrected chi connectivity index (χ3v) is 3.78. The minimum atomic E-state index is -0.784. The molecule has 2 rings (SSSR count). The molecule has 0 saturated heterocycles. The van der Waals surface area contributed by atoms with Crippen molar-refractivity contribution in [2.75, 3.05) is 5.32 Å². The number of carbonyl (C=O) groups excluding carboxylic acids is 1. The molecule has 0 aliphatic rings. The predicted octanol–water partition coefficient (Wildman–Crippen LogP) is 2.14. The summed E-state index contributed by atoms with van der Waals surface area (Å²) < 4.78 is 6.72. The van der Waals surface area contributed by atoms with E-state index in [1.54, 1.807) is 40.7 Å². The number of aryl methyl sites for hydroxylation is 3. The predicted molar refractivity (Wildman–Crippen MR) is 84.2 cm³/mol. The molecule has 0 bridgehead atoms. The van der Waals surface area contributed by atoms with E-state index in [1.165, 1.54) is 4.57 Å². The maximum atomic E-state index is 12.4. The van der Waals surface area contributed by atoms with Crippen molar-refractivity contribution in [3.8, 4) is 6.07 Å². The van der Waals surface area contributed by atoms with Gasteiger partial charge in [0, 0.05) is 17.0 Å². The Morgan fingerprint density at radius 3 is 2.61 bits per heavy atom. The summed E-state index contributed by atoms with van der Waals surface area (Å²) in [7, 11) is 0. The molecular formula is C16H18N4O3. The van der Waals surface area contributed by atoms with E-state index in [4.69, 9.17) is 4.42 Å². The van der Waals surface area contributed by atoms with Gasteiger partial charge in [-0.15, -0.1) is 0 Å². The van der Waals surface area contributed by atoms with Crippen molar-refractivity contribution in [3.63, 3.8) is 0 Å². The SMILES string of the molecule is Cc1cc(C)n(C(C)C(=O)Nc2oc(C)c(C)c2C#N)c(=O)n1. The molecule has 2 aromatic rings. The molecule has 1 N–H and O–H groups in total. The molecule has 1 amide bonds. The zero-order chi connectivity index (χ0) is 17.3. The lowest BCUT2D eigenvalue weighted by atomic mass is 10.2. The van der Waals surface area contributed by atoms with Crippen LogP contribution < -0.4 is 11.0 Å². The largest absolute Gasteiger partial charge is 0.444 e. The Morgan fingerprint density at radius 2 is 2.04 bits per heavy atom. The Balaban J connectivity index is 2.34. The highest BCUT2D eigenvalue weighted by atomic mass is 16.4. The maximum Gasteiger partial charge on any atom is 0.348 e. The highest BCUT2D eigenvalue weighted by Gasteiger charge is 2.22. The lowest BCUT2D eigenvalue weighted by molar-refractivity contribution is -0.119. The zero-order valence-corrected chi connectivity index (χ0v) is 13.7.